The van der Waals surface area contributed by atoms with Gasteiger partial charge in [0, 0.05) is 18.8 Å². The lowest BCUT2D eigenvalue weighted by Crippen LogP contribution is -2.59. The van der Waals surface area contributed by atoms with Crippen LogP contribution < -0.4 is 10.6 Å². The smallest absolute Gasteiger partial charge is 0.407 e. The standard InChI is InChI=1S/C26H40N4O4/c1-16(2)22-20(15-27-30(22)8-6-25(3,4)29-24(33)34-5)23(32)28-21-18-10-17-11-19(21)14-26(12-17,13-18)7-9-31/h6,8,15-19,21,31H,7,9-14H2,1-5H3,(H,28,32)(H,29,33)/b8-6+. The van der Waals surface area contributed by atoms with Crippen LogP contribution >= 0.6 is 0 Å². The van der Waals surface area contributed by atoms with Crippen molar-refractivity contribution >= 4 is 18.2 Å². The molecule has 4 fully saturated rings. The molecule has 188 valence electrons. The first-order chi connectivity index (χ1) is 16.1. The molecule has 0 aliphatic heterocycles. The number of hydrogen-bond donors (Lipinski definition) is 3. The largest absolute Gasteiger partial charge is 0.453 e. The van der Waals surface area contributed by atoms with Crippen LogP contribution in [0.5, 0.6) is 0 Å². The SMILES string of the molecule is COC(=O)NC(C)(C)/C=C/n1ncc(C(=O)NC2C3CC4CC2CC(CCO)(C4)C3)c1C(C)C. The van der Waals surface area contributed by atoms with Crippen LogP contribution in [0.4, 0.5) is 4.79 Å². The third-order valence-electron chi connectivity index (χ3n) is 8.21. The minimum atomic E-state index is -0.638. The second kappa shape index (κ2) is 9.36. The number of carbonyl (C=O) groups is 2. The zero-order chi connectivity index (χ0) is 24.7. The van der Waals surface area contributed by atoms with Crippen LogP contribution in [0, 0.1) is 23.2 Å². The molecular formula is C26H40N4O4. The fraction of sp³-hybridized carbons (Fsp3) is 0.731. The first-order valence-corrected chi connectivity index (χ1v) is 12.6. The quantitative estimate of drug-likeness (QED) is 0.532. The fourth-order valence-electron chi connectivity index (χ4n) is 7.05. The van der Waals surface area contributed by atoms with Crippen molar-refractivity contribution in [3.63, 3.8) is 0 Å². The molecule has 0 spiro atoms. The zero-order valence-electron chi connectivity index (χ0n) is 21.1. The van der Waals surface area contributed by atoms with Crippen molar-refractivity contribution in [2.45, 2.75) is 83.7 Å². The van der Waals surface area contributed by atoms with Crippen molar-refractivity contribution in [3.8, 4) is 0 Å². The number of carbonyl (C=O) groups excluding carboxylic acids is 2. The van der Waals surface area contributed by atoms with E-state index in [9.17, 15) is 14.7 Å². The molecule has 4 bridgehead atoms. The number of amides is 2. The van der Waals surface area contributed by atoms with Gasteiger partial charge in [-0.05, 0) is 87.5 Å². The molecule has 0 saturated heterocycles. The summed E-state index contributed by atoms with van der Waals surface area (Å²) >= 11 is 0. The summed E-state index contributed by atoms with van der Waals surface area (Å²) in [5.41, 5.74) is 1.11. The molecule has 0 radical (unpaired) electrons. The van der Waals surface area contributed by atoms with Gasteiger partial charge in [0.1, 0.15) is 0 Å². The maximum Gasteiger partial charge on any atom is 0.407 e. The van der Waals surface area contributed by atoms with E-state index < -0.39 is 11.6 Å². The predicted octanol–water partition coefficient (Wildman–Crippen LogP) is 3.92. The van der Waals surface area contributed by atoms with Crippen molar-refractivity contribution in [3.05, 3.63) is 23.5 Å². The van der Waals surface area contributed by atoms with E-state index in [1.54, 1.807) is 17.1 Å². The molecule has 3 N–H and O–H groups in total. The van der Waals surface area contributed by atoms with Crippen molar-refractivity contribution in [2.75, 3.05) is 13.7 Å². The lowest BCUT2D eigenvalue weighted by molar-refractivity contribution is -0.0832. The summed E-state index contributed by atoms with van der Waals surface area (Å²) in [5, 5.41) is 20.3. The number of aliphatic hydroxyl groups excluding tert-OH is 1. The van der Waals surface area contributed by atoms with Crippen molar-refractivity contribution in [1.29, 1.82) is 0 Å². The Morgan fingerprint density at radius 2 is 1.97 bits per heavy atom. The minimum Gasteiger partial charge on any atom is -0.453 e. The van der Waals surface area contributed by atoms with Gasteiger partial charge in [-0.1, -0.05) is 13.8 Å². The van der Waals surface area contributed by atoms with Crippen molar-refractivity contribution < 1.29 is 19.4 Å². The van der Waals surface area contributed by atoms with Crippen LogP contribution in [0.3, 0.4) is 0 Å². The summed E-state index contributed by atoms with van der Waals surface area (Å²) in [5.74, 6) is 1.80. The first kappa shape index (κ1) is 24.8. The number of hydrogen-bond acceptors (Lipinski definition) is 5. The number of nitrogens with one attached hydrogen (secondary N) is 2. The van der Waals surface area contributed by atoms with Gasteiger partial charge in [-0.15, -0.1) is 0 Å². The summed E-state index contributed by atoms with van der Waals surface area (Å²) in [7, 11) is 1.33. The molecule has 4 aliphatic rings. The molecule has 34 heavy (non-hydrogen) atoms. The van der Waals surface area contributed by atoms with Gasteiger partial charge in [-0.3, -0.25) is 4.79 Å². The third-order valence-corrected chi connectivity index (χ3v) is 8.21. The van der Waals surface area contributed by atoms with E-state index in [0.29, 0.717) is 17.4 Å². The third kappa shape index (κ3) is 4.88. The first-order valence-electron chi connectivity index (χ1n) is 12.6. The average molecular weight is 473 g/mol. The van der Waals surface area contributed by atoms with E-state index in [1.165, 1.54) is 26.4 Å². The predicted molar refractivity (Wildman–Crippen MR) is 130 cm³/mol. The summed E-state index contributed by atoms with van der Waals surface area (Å²) in [6, 6.07) is 0.206. The number of aromatic nitrogens is 2. The Labute approximate surface area is 202 Å². The van der Waals surface area contributed by atoms with E-state index in [2.05, 4.69) is 29.6 Å². The Bertz CT molecular complexity index is 935. The summed E-state index contributed by atoms with van der Waals surface area (Å²) < 4.78 is 6.43. The van der Waals surface area contributed by atoms with Gasteiger partial charge >= 0.3 is 6.09 Å². The molecule has 2 amide bonds. The average Bonchev–Trinajstić information content (AvgIpc) is 3.18. The second-order valence-corrected chi connectivity index (χ2v) is 11.6. The van der Waals surface area contributed by atoms with E-state index in [1.807, 2.05) is 19.9 Å². The van der Waals surface area contributed by atoms with Gasteiger partial charge in [0.15, 0.2) is 0 Å². The summed E-state index contributed by atoms with van der Waals surface area (Å²) in [6.45, 7) is 8.10. The van der Waals surface area contributed by atoms with Gasteiger partial charge in [0.25, 0.3) is 5.91 Å². The number of alkyl carbamates (subject to hydrolysis) is 1. The van der Waals surface area contributed by atoms with Gasteiger partial charge in [-0.2, -0.15) is 5.10 Å². The van der Waals surface area contributed by atoms with Crippen LogP contribution in [0.15, 0.2) is 12.3 Å². The highest BCUT2D eigenvalue weighted by atomic mass is 16.5. The Balaban J connectivity index is 1.50. The van der Waals surface area contributed by atoms with Gasteiger partial charge in [-0.25, -0.2) is 9.48 Å². The number of aliphatic hydroxyl groups is 1. The fourth-order valence-corrected chi connectivity index (χ4v) is 7.05. The van der Waals surface area contributed by atoms with Crippen molar-refractivity contribution in [1.82, 2.24) is 20.4 Å². The maximum atomic E-state index is 13.5. The highest BCUT2D eigenvalue weighted by molar-refractivity contribution is 5.95. The highest BCUT2D eigenvalue weighted by Gasteiger charge is 2.55. The van der Waals surface area contributed by atoms with Crippen LogP contribution in [0.2, 0.25) is 0 Å². The molecule has 1 heterocycles. The molecular weight excluding hydrogens is 432 g/mol. The Morgan fingerprint density at radius 1 is 1.29 bits per heavy atom. The Morgan fingerprint density at radius 3 is 2.56 bits per heavy atom. The zero-order valence-corrected chi connectivity index (χ0v) is 21.1. The van der Waals surface area contributed by atoms with Gasteiger partial charge < -0.3 is 20.5 Å². The molecule has 8 nitrogen and oxygen atoms in total. The van der Waals surface area contributed by atoms with Crippen LogP contribution in [-0.2, 0) is 4.74 Å². The normalized spacial score (nSPS) is 30.2. The summed E-state index contributed by atoms with van der Waals surface area (Å²) in [4.78, 5) is 25.1. The van der Waals surface area contributed by atoms with Crippen LogP contribution in [-0.4, -0.2) is 52.2 Å². The molecule has 8 heteroatoms. The molecule has 2 unspecified atom stereocenters. The maximum absolute atomic E-state index is 13.5. The molecule has 1 aromatic rings. The second-order valence-electron chi connectivity index (χ2n) is 11.6. The van der Waals surface area contributed by atoms with E-state index >= 15 is 0 Å². The molecule has 1 aromatic heterocycles. The van der Waals surface area contributed by atoms with Gasteiger partial charge in [0.2, 0.25) is 0 Å². The topological polar surface area (TPSA) is 105 Å². The van der Waals surface area contributed by atoms with E-state index in [0.717, 1.165) is 30.9 Å². The van der Waals surface area contributed by atoms with Gasteiger partial charge in [0.05, 0.1) is 30.1 Å². The van der Waals surface area contributed by atoms with E-state index in [-0.39, 0.29) is 29.9 Å². The van der Waals surface area contributed by atoms with E-state index in [4.69, 9.17) is 4.74 Å². The number of methoxy groups -OCH3 is 1. The monoisotopic (exact) mass is 472 g/mol. The Hall–Kier alpha value is -2.35. The van der Waals surface area contributed by atoms with Crippen LogP contribution in [0.1, 0.15) is 88.2 Å². The Kier molecular flexibility index (Phi) is 6.82. The highest BCUT2D eigenvalue weighted by Crippen LogP contribution is 2.61. The van der Waals surface area contributed by atoms with Crippen molar-refractivity contribution in [2.24, 2.45) is 23.2 Å². The lowest BCUT2D eigenvalue weighted by atomic mass is 9.47. The molecule has 2 atom stereocenters. The molecule has 5 rings (SSSR count). The minimum absolute atomic E-state index is 0.0519. The number of nitrogens with zero attached hydrogens (tertiary/aromatic N) is 2. The molecule has 0 aromatic carbocycles. The lowest BCUT2D eigenvalue weighted by Gasteiger charge is -2.60. The molecule has 4 saturated carbocycles. The number of rotatable bonds is 8. The summed E-state index contributed by atoms with van der Waals surface area (Å²) in [6.07, 6.45) is 11.5. The molecule has 4 aliphatic carbocycles. The number of ether oxygens (including phenoxy) is 1. The van der Waals surface area contributed by atoms with Crippen LogP contribution in [0.25, 0.3) is 6.20 Å².